The van der Waals surface area contributed by atoms with E-state index in [9.17, 15) is 0 Å². The zero-order valence-corrected chi connectivity index (χ0v) is 11.5. The second-order valence-electron chi connectivity index (χ2n) is 4.19. The Kier molecular flexibility index (Phi) is 5.15. The first-order valence-electron chi connectivity index (χ1n) is 6.62. The Morgan fingerprint density at radius 1 is 1.35 bits per heavy atom. The Morgan fingerprint density at radius 2 is 2.20 bits per heavy atom. The molecule has 2 rings (SSSR count). The molecule has 0 aliphatic carbocycles. The van der Waals surface area contributed by atoms with Gasteiger partial charge in [0.2, 0.25) is 0 Å². The van der Waals surface area contributed by atoms with E-state index in [1.54, 1.807) is 6.33 Å². The van der Waals surface area contributed by atoms with Gasteiger partial charge in [0.25, 0.3) is 0 Å². The van der Waals surface area contributed by atoms with Gasteiger partial charge in [-0.25, -0.2) is 9.67 Å². The van der Waals surface area contributed by atoms with Crippen LogP contribution in [0.5, 0.6) is 5.75 Å². The molecule has 0 amide bonds. The lowest BCUT2D eigenvalue weighted by atomic mass is 10.2. The fraction of sp³-hybridized carbons (Fsp3) is 0.333. The molecule has 1 aromatic heterocycles. The van der Waals surface area contributed by atoms with Crippen molar-refractivity contribution in [2.45, 2.75) is 26.5 Å². The van der Waals surface area contributed by atoms with Crippen molar-refractivity contribution in [1.82, 2.24) is 14.8 Å². The molecular formula is C15H18N4O. The topological polar surface area (TPSA) is 66.0 Å². The highest BCUT2D eigenvalue weighted by Crippen LogP contribution is 2.17. The molecule has 0 fully saturated rings. The number of aromatic nitrogens is 3. The minimum Gasteiger partial charge on any atom is -0.484 e. The standard InChI is InChI=1S/C15H18N4O/c1-2-10-19-15(17-12-18-19)11-20-14-8-4-3-6-13(14)7-5-9-16/h3-4,6,8,12H,2,9-11,16H2,1H3. The van der Waals surface area contributed by atoms with Crippen LogP contribution in [0.15, 0.2) is 30.6 Å². The van der Waals surface area contributed by atoms with Crippen molar-refractivity contribution in [2.75, 3.05) is 6.54 Å². The first-order valence-corrected chi connectivity index (χ1v) is 6.62. The largest absolute Gasteiger partial charge is 0.484 e. The van der Waals surface area contributed by atoms with E-state index in [1.807, 2.05) is 28.9 Å². The van der Waals surface area contributed by atoms with Gasteiger partial charge in [0.1, 0.15) is 18.7 Å². The Balaban J connectivity index is 2.09. The van der Waals surface area contributed by atoms with Gasteiger partial charge in [0, 0.05) is 6.54 Å². The number of benzene rings is 1. The summed E-state index contributed by atoms with van der Waals surface area (Å²) in [6, 6.07) is 7.64. The highest BCUT2D eigenvalue weighted by Gasteiger charge is 2.06. The van der Waals surface area contributed by atoms with Gasteiger partial charge in [-0.3, -0.25) is 0 Å². The molecule has 5 heteroatoms. The predicted octanol–water partition coefficient (Wildman–Crippen LogP) is 1.58. The highest BCUT2D eigenvalue weighted by molar-refractivity contribution is 5.45. The van der Waals surface area contributed by atoms with Crippen LogP contribution in [0, 0.1) is 11.8 Å². The van der Waals surface area contributed by atoms with Gasteiger partial charge >= 0.3 is 0 Å². The maximum absolute atomic E-state index is 5.80. The van der Waals surface area contributed by atoms with E-state index in [0.29, 0.717) is 13.2 Å². The van der Waals surface area contributed by atoms with Gasteiger partial charge in [0.05, 0.1) is 12.1 Å². The molecular weight excluding hydrogens is 252 g/mol. The summed E-state index contributed by atoms with van der Waals surface area (Å²) in [5, 5.41) is 4.17. The molecule has 0 radical (unpaired) electrons. The molecule has 20 heavy (non-hydrogen) atoms. The van der Waals surface area contributed by atoms with Gasteiger partial charge in [-0.05, 0) is 18.6 Å². The Bertz CT molecular complexity index is 610. The Labute approximate surface area is 118 Å². The second-order valence-corrected chi connectivity index (χ2v) is 4.19. The molecule has 2 N–H and O–H groups in total. The second kappa shape index (κ2) is 7.31. The molecule has 0 atom stereocenters. The number of nitrogens with two attached hydrogens (primary N) is 1. The maximum Gasteiger partial charge on any atom is 0.164 e. The van der Waals surface area contributed by atoms with Gasteiger partial charge in [-0.15, -0.1) is 0 Å². The van der Waals surface area contributed by atoms with Crippen molar-refractivity contribution in [1.29, 1.82) is 0 Å². The summed E-state index contributed by atoms with van der Waals surface area (Å²) in [4.78, 5) is 4.21. The number of aryl methyl sites for hydroxylation is 1. The number of hydrogen-bond donors (Lipinski definition) is 1. The van der Waals surface area contributed by atoms with Crippen molar-refractivity contribution in [3.8, 4) is 17.6 Å². The van der Waals surface area contributed by atoms with Crippen LogP contribution in [0.3, 0.4) is 0 Å². The van der Waals surface area contributed by atoms with Crippen LogP contribution in [-0.2, 0) is 13.2 Å². The lowest BCUT2D eigenvalue weighted by Crippen LogP contribution is -2.08. The minimum atomic E-state index is 0.333. The molecule has 0 spiro atoms. The number of rotatable bonds is 5. The van der Waals surface area contributed by atoms with E-state index in [0.717, 1.165) is 30.1 Å². The Morgan fingerprint density at radius 3 is 3.00 bits per heavy atom. The van der Waals surface area contributed by atoms with E-state index in [1.165, 1.54) is 0 Å². The third-order valence-corrected chi connectivity index (χ3v) is 2.70. The average Bonchev–Trinajstić information content (AvgIpc) is 2.91. The third kappa shape index (κ3) is 3.59. The fourth-order valence-electron chi connectivity index (χ4n) is 1.78. The van der Waals surface area contributed by atoms with Crippen LogP contribution in [-0.4, -0.2) is 21.3 Å². The summed E-state index contributed by atoms with van der Waals surface area (Å²) in [6.45, 7) is 3.65. The zero-order chi connectivity index (χ0) is 14.2. The first-order chi connectivity index (χ1) is 9.85. The van der Waals surface area contributed by atoms with Crippen molar-refractivity contribution in [2.24, 2.45) is 5.73 Å². The lowest BCUT2D eigenvalue weighted by molar-refractivity contribution is 0.285. The van der Waals surface area contributed by atoms with Crippen LogP contribution in [0.1, 0.15) is 24.7 Å². The van der Waals surface area contributed by atoms with Gasteiger partial charge in [0.15, 0.2) is 5.82 Å². The lowest BCUT2D eigenvalue weighted by Gasteiger charge is -2.08. The summed E-state index contributed by atoms with van der Waals surface area (Å²) in [6.07, 6.45) is 2.56. The molecule has 5 nitrogen and oxygen atoms in total. The number of ether oxygens (including phenoxy) is 1. The molecule has 0 unspecified atom stereocenters. The molecule has 0 saturated heterocycles. The van der Waals surface area contributed by atoms with E-state index in [-0.39, 0.29) is 0 Å². The van der Waals surface area contributed by atoms with Crippen molar-refractivity contribution in [3.05, 3.63) is 42.0 Å². The minimum absolute atomic E-state index is 0.333. The molecule has 104 valence electrons. The quantitative estimate of drug-likeness (QED) is 0.838. The van der Waals surface area contributed by atoms with E-state index in [2.05, 4.69) is 28.8 Å². The first kappa shape index (κ1) is 14.1. The number of para-hydroxylation sites is 1. The van der Waals surface area contributed by atoms with Crippen LogP contribution in [0.4, 0.5) is 0 Å². The van der Waals surface area contributed by atoms with Gasteiger partial charge in [-0.2, -0.15) is 5.10 Å². The molecule has 0 bridgehead atoms. The van der Waals surface area contributed by atoms with E-state index >= 15 is 0 Å². The van der Waals surface area contributed by atoms with E-state index < -0.39 is 0 Å². The van der Waals surface area contributed by atoms with Crippen LogP contribution < -0.4 is 10.5 Å². The summed E-state index contributed by atoms with van der Waals surface area (Å²) in [5.74, 6) is 7.38. The number of hydrogen-bond acceptors (Lipinski definition) is 4. The SMILES string of the molecule is CCCn1ncnc1COc1ccccc1C#CCN. The van der Waals surface area contributed by atoms with E-state index in [4.69, 9.17) is 10.5 Å². The van der Waals surface area contributed by atoms with Gasteiger partial charge in [-0.1, -0.05) is 30.9 Å². The Hall–Kier alpha value is -2.32. The summed E-state index contributed by atoms with van der Waals surface area (Å²) in [7, 11) is 0. The van der Waals surface area contributed by atoms with Crippen molar-refractivity contribution >= 4 is 0 Å². The summed E-state index contributed by atoms with van der Waals surface area (Å²) < 4.78 is 7.65. The maximum atomic E-state index is 5.80. The zero-order valence-electron chi connectivity index (χ0n) is 11.5. The summed E-state index contributed by atoms with van der Waals surface area (Å²) in [5.41, 5.74) is 6.23. The van der Waals surface area contributed by atoms with Crippen LogP contribution >= 0.6 is 0 Å². The monoisotopic (exact) mass is 270 g/mol. The van der Waals surface area contributed by atoms with Crippen molar-refractivity contribution in [3.63, 3.8) is 0 Å². The van der Waals surface area contributed by atoms with Crippen LogP contribution in [0.25, 0.3) is 0 Å². The van der Waals surface area contributed by atoms with Gasteiger partial charge < -0.3 is 10.5 Å². The average molecular weight is 270 g/mol. The molecule has 0 saturated carbocycles. The molecule has 0 aliphatic heterocycles. The molecule has 1 aromatic carbocycles. The third-order valence-electron chi connectivity index (χ3n) is 2.70. The van der Waals surface area contributed by atoms with Crippen molar-refractivity contribution < 1.29 is 4.74 Å². The normalized spacial score (nSPS) is 9.90. The highest BCUT2D eigenvalue weighted by atomic mass is 16.5. The molecule has 2 aromatic rings. The fourth-order valence-corrected chi connectivity index (χ4v) is 1.78. The number of nitrogens with zero attached hydrogens (tertiary/aromatic N) is 3. The molecule has 1 heterocycles. The predicted molar refractivity (Wildman–Crippen MR) is 77.0 cm³/mol. The van der Waals surface area contributed by atoms with Crippen LogP contribution in [0.2, 0.25) is 0 Å². The molecule has 0 aliphatic rings. The summed E-state index contributed by atoms with van der Waals surface area (Å²) >= 11 is 0. The smallest absolute Gasteiger partial charge is 0.164 e.